The molecule has 4 unspecified atom stereocenters. The topological polar surface area (TPSA) is 20.3 Å². The second-order valence-electron chi connectivity index (χ2n) is 6.48. The van der Waals surface area contributed by atoms with Crippen LogP contribution in [0.25, 0.3) is 0 Å². The van der Waals surface area contributed by atoms with E-state index in [4.69, 9.17) is 0 Å². The summed E-state index contributed by atoms with van der Waals surface area (Å²) in [6, 6.07) is 0.329. The zero-order chi connectivity index (χ0) is 14.9. The highest BCUT2D eigenvalue weighted by Gasteiger charge is 2.45. The van der Waals surface area contributed by atoms with Crippen LogP contribution < -0.4 is 0 Å². The number of rotatable bonds is 1. The van der Waals surface area contributed by atoms with Gasteiger partial charge in [-0.15, -0.1) is 0 Å². The van der Waals surface area contributed by atoms with Crippen molar-refractivity contribution in [2.75, 3.05) is 0 Å². The zero-order valence-corrected chi connectivity index (χ0v) is 12.2. The Morgan fingerprint density at radius 3 is 2.10 bits per heavy atom. The third-order valence-corrected chi connectivity index (χ3v) is 4.93. The minimum absolute atomic E-state index is 0.0156. The van der Waals surface area contributed by atoms with E-state index >= 15 is 0 Å². The van der Waals surface area contributed by atoms with Gasteiger partial charge in [0.05, 0.1) is 5.92 Å². The van der Waals surface area contributed by atoms with Crippen molar-refractivity contribution in [3.63, 3.8) is 0 Å². The molecule has 1 saturated heterocycles. The Kier molecular flexibility index (Phi) is 4.65. The number of hydrogen-bond donors (Lipinski definition) is 0. The lowest BCUT2D eigenvalue weighted by molar-refractivity contribution is -0.187. The molecule has 2 rings (SSSR count). The maximum absolute atomic E-state index is 12.8. The molecule has 0 spiro atoms. The molecule has 20 heavy (non-hydrogen) atoms. The largest absolute Gasteiger partial charge is 0.391 e. The fourth-order valence-electron chi connectivity index (χ4n) is 3.78. The lowest BCUT2D eigenvalue weighted by atomic mass is 9.79. The van der Waals surface area contributed by atoms with Crippen LogP contribution in [0.3, 0.4) is 0 Å². The predicted octanol–water partition coefficient (Wildman–Crippen LogP) is 4.14. The number of halogens is 3. The molecule has 2 nitrogen and oxygen atoms in total. The number of piperidine rings is 1. The molecule has 0 aromatic heterocycles. The molecule has 5 heteroatoms. The van der Waals surface area contributed by atoms with Gasteiger partial charge in [-0.05, 0) is 52.4 Å². The molecule has 4 atom stereocenters. The summed E-state index contributed by atoms with van der Waals surface area (Å²) in [5.41, 5.74) is 0. The molecule has 1 saturated carbocycles. The first-order chi connectivity index (χ1) is 9.30. The van der Waals surface area contributed by atoms with Crippen molar-refractivity contribution in [3.05, 3.63) is 0 Å². The second-order valence-corrected chi connectivity index (χ2v) is 6.48. The van der Waals surface area contributed by atoms with Crippen LogP contribution in [0.4, 0.5) is 13.2 Å². The van der Waals surface area contributed by atoms with Crippen LogP contribution in [-0.2, 0) is 4.79 Å². The summed E-state index contributed by atoms with van der Waals surface area (Å²) in [6.45, 7) is 4.02. The number of carbonyl (C=O) groups excluding carboxylic acids is 1. The van der Waals surface area contributed by atoms with Crippen LogP contribution in [0.15, 0.2) is 0 Å². The van der Waals surface area contributed by atoms with Gasteiger partial charge >= 0.3 is 6.18 Å². The van der Waals surface area contributed by atoms with Gasteiger partial charge in [0, 0.05) is 18.0 Å². The highest BCUT2D eigenvalue weighted by Crippen LogP contribution is 2.41. The van der Waals surface area contributed by atoms with E-state index in [1.54, 1.807) is 0 Å². The van der Waals surface area contributed by atoms with E-state index < -0.39 is 18.0 Å². The molecule has 0 N–H and O–H groups in total. The highest BCUT2D eigenvalue weighted by molar-refractivity contribution is 5.79. The summed E-state index contributed by atoms with van der Waals surface area (Å²) >= 11 is 0. The quantitative estimate of drug-likeness (QED) is 0.711. The normalized spacial score (nSPS) is 36.0. The molecular formula is C15H24F3NO. The van der Waals surface area contributed by atoms with Crippen molar-refractivity contribution in [2.24, 2.45) is 11.8 Å². The maximum Gasteiger partial charge on any atom is 0.391 e. The Morgan fingerprint density at radius 2 is 1.55 bits per heavy atom. The minimum Gasteiger partial charge on any atom is -0.337 e. The number of carbonyl (C=O) groups is 1. The van der Waals surface area contributed by atoms with E-state index in [-0.39, 0.29) is 30.8 Å². The van der Waals surface area contributed by atoms with E-state index in [2.05, 4.69) is 0 Å². The lowest BCUT2D eigenvalue weighted by Gasteiger charge is -2.42. The third-order valence-electron chi connectivity index (χ3n) is 4.93. The van der Waals surface area contributed by atoms with Gasteiger partial charge in [-0.2, -0.15) is 13.2 Å². The van der Waals surface area contributed by atoms with Crippen molar-refractivity contribution in [2.45, 2.75) is 77.1 Å². The standard InChI is InChI=1S/C15H24F3NO/c1-10-5-3-6-11(2)19(10)14(20)12-7-4-8-13(9-12)15(16,17)18/h10-13H,3-9H2,1-2H3. The molecule has 0 aromatic rings. The van der Waals surface area contributed by atoms with Crippen molar-refractivity contribution in [3.8, 4) is 0 Å². The first-order valence-electron chi connectivity index (χ1n) is 7.69. The summed E-state index contributed by atoms with van der Waals surface area (Å²) in [7, 11) is 0. The Balaban J connectivity index is 2.04. The minimum atomic E-state index is -4.15. The van der Waals surface area contributed by atoms with Crippen molar-refractivity contribution < 1.29 is 18.0 Å². The summed E-state index contributed by atoms with van der Waals surface area (Å²) in [6.07, 6.45) is 0.159. The molecule has 2 fully saturated rings. The van der Waals surface area contributed by atoms with Gasteiger partial charge in [0.25, 0.3) is 0 Å². The molecule has 0 bridgehead atoms. The number of alkyl halides is 3. The molecule has 2 aliphatic rings. The van der Waals surface area contributed by atoms with Gasteiger partial charge in [0.1, 0.15) is 0 Å². The molecular weight excluding hydrogens is 267 g/mol. The summed E-state index contributed by atoms with van der Waals surface area (Å²) in [4.78, 5) is 14.5. The SMILES string of the molecule is CC1CCCC(C)N1C(=O)C1CCCC(C(F)(F)F)C1. The van der Waals surface area contributed by atoms with Crippen LogP contribution in [0.1, 0.15) is 58.8 Å². The van der Waals surface area contributed by atoms with Crippen molar-refractivity contribution >= 4 is 5.91 Å². The molecule has 116 valence electrons. The van der Waals surface area contributed by atoms with Gasteiger partial charge < -0.3 is 4.90 Å². The van der Waals surface area contributed by atoms with Gasteiger partial charge in [0.2, 0.25) is 5.91 Å². The average molecular weight is 291 g/mol. The number of hydrogen-bond acceptors (Lipinski definition) is 1. The Labute approximate surface area is 118 Å². The number of nitrogens with zero attached hydrogens (tertiary/aromatic N) is 1. The third kappa shape index (κ3) is 3.29. The number of likely N-dealkylation sites (tertiary alicyclic amines) is 1. The summed E-state index contributed by atoms with van der Waals surface area (Å²) in [5, 5.41) is 0. The monoisotopic (exact) mass is 291 g/mol. The summed E-state index contributed by atoms with van der Waals surface area (Å²) in [5.74, 6) is -1.77. The Bertz CT molecular complexity index is 346. The Hall–Kier alpha value is -0.740. The van der Waals surface area contributed by atoms with Gasteiger partial charge in [-0.3, -0.25) is 4.79 Å². The number of amides is 1. The molecule has 1 heterocycles. The zero-order valence-electron chi connectivity index (χ0n) is 12.2. The van der Waals surface area contributed by atoms with Gasteiger partial charge in [-0.25, -0.2) is 0 Å². The second kappa shape index (κ2) is 5.94. The molecule has 0 radical (unpaired) electrons. The van der Waals surface area contributed by atoms with Crippen LogP contribution in [-0.4, -0.2) is 29.1 Å². The molecule has 0 aromatic carbocycles. The van der Waals surface area contributed by atoms with Gasteiger partial charge in [-0.1, -0.05) is 6.42 Å². The van der Waals surface area contributed by atoms with Crippen LogP contribution in [0.5, 0.6) is 0 Å². The first kappa shape index (κ1) is 15.6. The van der Waals surface area contributed by atoms with E-state index in [9.17, 15) is 18.0 Å². The van der Waals surface area contributed by atoms with E-state index in [1.807, 2.05) is 18.7 Å². The fraction of sp³-hybridized carbons (Fsp3) is 0.933. The molecule has 1 aliphatic carbocycles. The van der Waals surface area contributed by atoms with Crippen molar-refractivity contribution in [1.82, 2.24) is 4.90 Å². The average Bonchev–Trinajstić information content (AvgIpc) is 2.37. The van der Waals surface area contributed by atoms with Crippen molar-refractivity contribution in [1.29, 1.82) is 0 Å². The molecule has 1 aliphatic heterocycles. The molecule has 1 amide bonds. The van der Waals surface area contributed by atoms with E-state index in [0.717, 1.165) is 19.3 Å². The highest BCUT2D eigenvalue weighted by atomic mass is 19.4. The summed E-state index contributed by atoms with van der Waals surface area (Å²) < 4.78 is 38.5. The Morgan fingerprint density at radius 1 is 1.00 bits per heavy atom. The predicted molar refractivity (Wildman–Crippen MR) is 71.1 cm³/mol. The van der Waals surface area contributed by atoms with Crippen LogP contribution in [0, 0.1) is 11.8 Å². The van der Waals surface area contributed by atoms with Gasteiger partial charge in [0.15, 0.2) is 0 Å². The lowest BCUT2D eigenvalue weighted by Crippen LogP contribution is -2.50. The van der Waals surface area contributed by atoms with Crippen LogP contribution in [0.2, 0.25) is 0 Å². The fourth-order valence-corrected chi connectivity index (χ4v) is 3.78. The smallest absolute Gasteiger partial charge is 0.337 e. The maximum atomic E-state index is 12.8. The first-order valence-corrected chi connectivity index (χ1v) is 7.69. The van der Waals surface area contributed by atoms with Crippen LogP contribution >= 0.6 is 0 Å². The van der Waals surface area contributed by atoms with E-state index in [0.29, 0.717) is 12.8 Å². The van der Waals surface area contributed by atoms with E-state index in [1.165, 1.54) is 0 Å².